The van der Waals surface area contributed by atoms with Crippen molar-refractivity contribution >= 4 is 46.2 Å². The molecule has 0 radical (unpaired) electrons. The zero-order chi connectivity index (χ0) is 18.0. The summed E-state index contributed by atoms with van der Waals surface area (Å²) < 4.78 is 6.53. The van der Waals surface area contributed by atoms with Gasteiger partial charge in [-0.25, -0.2) is 10.4 Å². The van der Waals surface area contributed by atoms with E-state index in [1.54, 1.807) is 20.2 Å². The first kappa shape index (κ1) is 17.2. The van der Waals surface area contributed by atoms with E-state index in [-0.39, 0.29) is 15.9 Å². The minimum Gasteiger partial charge on any atom is -0.497 e. The van der Waals surface area contributed by atoms with Crippen LogP contribution in [0.5, 0.6) is 5.75 Å². The minimum atomic E-state index is -0.476. The number of rotatable bonds is 4. The maximum Gasteiger partial charge on any atom is 0.291 e. The first-order chi connectivity index (χ1) is 12.0. The molecular formula is C16H13Cl2N5O2. The van der Waals surface area contributed by atoms with E-state index in [0.29, 0.717) is 16.8 Å². The summed E-state index contributed by atoms with van der Waals surface area (Å²) in [5, 5.41) is 9.18. The van der Waals surface area contributed by atoms with Crippen LogP contribution in [-0.2, 0) is 7.05 Å². The van der Waals surface area contributed by atoms with Gasteiger partial charge in [-0.05, 0) is 18.2 Å². The topological polar surface area (TPSA) is 81.4 Å². The summed E-state index contributed by atoms with van der Waals surface area (Å²) in [6.45, 7) is 0. The molecule has 128 valence electrons. The number of amides is 1. The summed E-state index contributed by atoms with van der Waals surface area (Å²) in [5.41, 5.74) is 3.87. The van der Waals surface area contributed by atoms with Crippen molar-refractivity contribution in [3.63, 3.8) is 0 Å². The highest BCUT2D eigenvalue weighted by Crippen LogP contribution is 2.23. The van der Waals surface area contributed by atoms with Crippen LogP contribution in [-0.4, -0.2) is 34.0 Å². The molecule has 2 aromatic heterocycles. The normalized spacial score (nSPS) is 11.2. The zero-order valence-electron chi connectivity index (χ0n) is 13.3. The SMILES string of the molecule is COc1ccc2cc(/C=N\NC(=O)c3c(Cl)cnn3C)c(Cl)nc2c1. The number of methoxy groups -OCH3 is 1. The average Bonchev–Trinajstić information content (AvgIpc) is 2.93. The number of aromatic nitrogens is 3. The molecule has 0 atom stereocenters. The third-order valence-electron chi connectivity index (χ3n) is 3.48. The van der Waals surface area contributed by atoms with Gasteiger partial charge in [-0.2, -0.15) is 10.2 Å². The molecular weight excluding hydrogens is 365 g/mol. The lowest BCUT2D eigenvalue weighted by atomic mass is 10.1. The van der Waals surface area contributed by atoms with Crippen molar-refractivity contribution in [1.29, 1.82) is 0 Å². The van der Waals surface area contributed by atoms with Gasteiger partial charge in [-0.15, -0.1) is 0 Å². The predicted octanol–water partition coefficient (Wildman–Crippen LogP) is 3.05. The van der Waals surface area contributed by atoms with E-state index in [4.69, 9.17) is 27.9 Å². The van der Waals surface area contributed by atoms with E-state index in [1.807, 2.05) is 18.2 Å². The molecule has 0 aliphatic carbocycles. The van der Waals surface area contributed by atoms with Gasteiger partial charge in [-0.1, -0.05) is 23.2 Å². The third-order valence-corrected chi connectivity index (χ3v) is 4.06. The number of nitrogens with zero attached hydrogens (tertiary/aromatic N) is 4. The molecule has 0 aliphatic rings. The molecule has 1 aromatic carbocycles. The van der Waals surface area contributed by atoms with Gasteiger partial charge in [0, 0.05) is 24.1 Å². The minimum absolute atomic E-state index is 0.216. The van der Waals surface area contributed by atoms with E-state index >= 15 is 0 Å². The number of ether oxygens (including phenoxy) is 1. The first-order valence-electron chi connectivity index (χ1n) is 7.15. The lowest BCUT2D eigenvalue weighted by Crippen LogP contribution is -2.21. The summed E-state index contributed by atoms with van der Waals surface area (Å²) in [5.74, 6) is 0.216. The van der Waals surface area contributed by atoms with Gasteiger partial charge < -0.3 is 4.74 Å². The number of fused-ring (bicyclic) bond motifs is 1. The fourth-order valence-corrected chi connectivity index (χ4v) is 2.68. The molecule has 0 fully saturated rings. The zero-order valence-corrected chi connectivity index (χ0v) is 14.8. The Kier molecular flexibility index (Phi) is 4.87. The quantitative estimate of drug-likeness (QED) is 0.430. The third kappa shape index (κ3) is 3.57. The molecule has 0 saturated carbocycles. The average molecular weight is 378 g/mol. The van der Waals surface area contributed by atoms with Gasteiger partial charge in [0.1, 0.15) is 16.6 Å². The van der Waals surface area contributed by atoms with E-state index in [0.717, 1.165) is 5.39 Å². The number of hydrogen-bond donors (Lipinski definition) is 1. The molecule has 2 heterocycles. The molecule has 0 spiro atoms. The van der Waals surface area contributed by atoms with Crippen LogP contribution < -0.4 is 10.2 Å². The number of pyridine rings is 1. The van der Waals surface area contributed by atoms with Crippen LogP contribution in [0.3, 0.4) is 0 Å². The van der Waals surface area contributed by atoms with Gasteiger partial charge in [0.2, 0.25) is 0 Å². The van der Waals surface area contributed by atoms with Crippen LogP contribution in [0, 0.1) is 0 Å². The van der Waals surface area contributed by atoms with E-state index in [1.165, 1.54) is 17.1 Å². The monoisotopic (exact) mass is 377 g/mol. The van der Waals surface area contributed by atoms with Crippen molar-refractivity contribution < 1.29 is 9.53 Å². The molecule has 0 saturated heterocycles. The fourth-order valence-electron chi connectivity index (χ4n) is 2.24. The first-order valence-corrected chi connectivity index (χ1v) is 7.90. The molecule has 25 heavy (non-hydrogen) atoms. The number of nitrogens with one attached hydrogen (secondary N) is 1. The van der Waals surface area contributed by atoms with Crippen molar-refractivity contribution in [3.8, 4) is 5.75 Å². The Morgan fingerprint density at radius 2 is 2.16 bits per heavy atom. The lowest BCUT2D eigenvalue weighted by Gasteiger charge is -2.05. The van der Waals surface area contributed by atoms with Gasteiger partial charge in [0.25, 0.3) is 5.91 Å². The fraction of sp³-hybridized carbons (Fsp3) is 0.125. The molecule has 0 bridgehead atoms. The largest absolute Gasteiger partial charge is 0.497 e. The maximum atomic E-state index is 12.1. The Bertz CT molecular complexity index is 965. The van der Waals surface area contributed by atoms with Crippen LogP contribution in [0.15, 0.2) is 35.6 Å². The van der Waals surface area contributed by atoms with Crippen molar-refractivity contribution in [2.24, 2.45) is 12.1 Å². The Balaban J connectivity index is 1.81. The van der Waals surface area contributed by atoms with Gasteiger partial charge >= 0.3 is 0 Å². The summed E-state index contributed by atoms with van der Waals surface area (Å²) in [4.78, 5) is 16.4. The molecule has 1 N–H and O–H groups in total. The molecule has 0 unspecified atom stereocenters. The molecule has 9 heteroatoms. The highest BCUT2D eigenvalue weighted by molar-refractivity contribution is 6.33. The van der Waals surface area contributed by atoms with Crippen LogP contribution in [0.25, 0.3) is 10.9 Å². The molecule has 3 aromatic rings. The Morgan fingerprint density at radius 1 is 1.36 bits per heavy atom. The van der Waals surface area contributed by atoms with Crippen LogP contribution in [0.2, 0.25) is 10.2 Å². The standard InChI is InChI=1S/C16H13Cl2N5O2/c1-23-14(12(17)8-20-23)16(24)22-19-7-10-5-9-3-4-11(25-2)6-13(9)21-15(10)18/h3-8H,1-2H3,(H,22,24)/b19-7-. The lowest BCUT2D eigenvalue weighted by molar-refractivity contribution is 0.0946. The summed E-state index contributed by atoms with van der Waals surface area (Å²) in [6, 6.07) is 7.29. The van der Waals surface area contributed by atoms with E-state index in [9.17, 15) is 4.79 Å². The highest BCUT2D eigenvalue weighted by atomic mass is 35.5. The number of hydrogen-bond acceptors (Lipinski definition) is 5. The Labute approximate surface area is 153 Å². The molecule has 0 aliphatic heterocycles. The Morgan fingerprint density at radius 3 is 2.84 bits per heavy atom. The van der Waals surface area contributed by atoms with Gasteiger partial charge in [0.15, 0.2) is 0 Å². The number of carbonyl (C=O) groups excluding carboxylic acids is 1. The highest BCUT2D eigenvalue weighted by Gasteiger charge is 2.14. The molecule has 7 nitrogen and oxygen atoms in total. The number of aryl methyl sites for hydroxylation is 1. The molecule has 3 rings (SSSR count). The smallest absolute Gasteiger partial charge is 0.291 e. The Hall–Kier alpha value is -2.64. The maximum absolute atomic E-state index is 12.1. The van der Waals surface area contributed by atoms with Gasteiger partial charge in [-0.3, -0.25) is 9.48 Å². The summed E-state index contributed by atoms with van der Waals surface area (Å²) in [6.07, 6.45) is 2.81. The second kappa shape index (κ2) is 7.08. The van der Waals surface area contributed by atoms with E-state index < -0.39 is 5.91 Å². The summed E-state index contributed by atoms with van der Waals surface area (Å²) in [7, 11) is 3.20. The van der Waals surface area contributed by atoms with Crippen LogP contribution >= 0.6 is 23.2 Å². The van der Waals surface area contributed by atoms with Crippen molar-refractivity contribution in [2.75, 3.05) is 7.11 Å². The second-order valence-corrected chi connectivity index (χ2v) is 5.86. The second-order valence-electron chi connectivity index (χ2n) is 5.09. The van der Waals surface area contributed by atoms with Crippen molar-refractivity contribution in [1.82, 2.24) is 20.2 Å². The predicted molar refractivity (Wildman–Crippen MR) is 96.6 cm³/mol. The number of benzene rings is 1. The van der Waals surface area contributed by atoms with Gasteiger partial charge in [0.05, 0.1) is 30.1 Å². The summed E-state index contributed by atoms with van der Waals surface area (Å²) >= 11 is 12.1. The van der Waals surface area contributed by atoms with Crippen LogP contribution in [0.1, 0.15) is 16.1 Å². The van der Waals surface area contributed by atoms with E-state index in [2.05, 4.69) is 20.6 Å². The van der Waals surface area contributed by atoms with Crippen molar-refractivity contribution in [3.05, 3.63) is 51.9 Å². The van der Waals surface area contributed by atoms with Crippen molar-refractivity contribution in [2.45, 2.75) is 0 Å². The number of halogens is 2. The number of hydrazone groups is 1. The number of carbonyl (C=O) groups is 1. The molecule has 1 amide bonds. The van der Waals surface area contributed by atoms with Crippen LogP contribution in [0.4, 0.5) is 0 Å².